The van der Waals surface area contributed by atoms with Gasteiger partial charge in [-0.2, -0.15) is 0 Å². The van der Waals surface area contributed by atoms with Crippen molar-refractivity contribution < 1.29 is 18.1 Å². The highest BCUT2D eigenvalue weighted by molar-refractivity contribution is 7.89. The second-order valence-corrected chi connectivity index (χ2v) is 6.07. The Bertz CT molecular complexity index is 632. The Morgan fingerprint density at radius 3 is 2.65 bits per heavy atom. The minimum atomic E-state index is -3.60. The second kappa shape index (κ2) is 6.64. The molecular weight excluding hydrogens is 310 g/mol. The summed E-state index contributed by atoms with van der Waals surface area (Å²) in [5.74, 6) is -0.987. The molecule has 0 aliphatic carbocycles. The summed E-state index contributed by atoms with van der Waals surface area (Å²) in [6, 6.07) is 3.60. The molecule has 0 atom stereocenters. The number of hydrogen-bond donors (Lipinski definition) is 2. The zero-order valence-corrected chi connectivity index (χ0v) is 11.8. The molecule has 0 aliphatic heterocycles. The first-order valence-corrected chi connectivity index (χ1v) is 7.52. The number of carbonyl (C=O) groups is 1. The van der Waals surface area contributed by atoms with Crippen molar-refractivity contribution in [2.45, 2.75) is 6.42 Å². The van der Waals surface area contributed by atoms with Gasteiger partial charge in [-0.25, -0.2) is 13.6 Å². The van der Waals surface area contributed by atoms with Crippen molar-refractivity contribution in [1.29, 1.82) is 0 Å². The normalized spacial score (nSPS) is 11.1. The molecule has 0 saturated heterocycles. The molecule has 0 aliphatic rings. The van der Waals surface area contributed by atoms with Gasteiger partial charge < -0.3 is 5.32 Å². The fraction of sp³-hybridized carbons (Fsp3) is 0.300. The minimum Gasteiger partial charge on any atom is -0.352 e. The number of benzene rings is 1. The number of hydrogen-bond acceptors (Lipinski definition) is 5. The van der Waals surface area contributed by atoms with Crippen molar-refractivity contribution in [3.8, 4) is 0 Å². The second-order valence-electron chi connectivity index (χ2n) is 3.90. The van der Waals surface area contributed by atoms with Crippen LogP contribution in [-0.2, 0) is 10.0 Å². The van der Waals surface area contributed by atoms with Gasteiger partial charge in [0.15, 0.2) is 0 Å². The summed E-state index contributed by atoms with van der Waals surface area (Å²) in [6.07, 6.45) is 0.110. The van der Waals surface area contributed by atoms with Gasteiger partial charge in [0.25, 0.3) is 11.6 Å². The number of nitro benzene ring substituents is 1. The molecule has 1 aromatic rings. The van der Waals surface area contributed by atoms with Gasteiger partial charge >= 0.3 is 0 Å². The molecule has 0 aromatic heterocycles. The maximum Gasteiger partial charge on any atom is 0.282 e. The topological polar surface area (TPSA) is 132 Å². The Morgan fingerprint density at radius 2 is 2.10 bits per heavy atom. The van der Waals surface area contributed by atoms with Crippen LogP contribution in [0.4, 0.5) is 5.69 Å². The van der Waals surface area contributed by atoms with E-state index in [4.69, 9.17) is 16.7 Å². The SMILES string of the molecule is NS(=O)(=O)CCCNC(=O)c1cc(Cl)ccc1[N+](=O)[O-]. The lowest BCUT2D eigenvalue weighted by Crippen LogP contribution is -2.27. The third kappa shape index (κ3) is 5.11. The monoisotopic (exact) mass is 321 g/mol. The van der Waals surface area contributed by atoms with Gasteiger partial charge in [-0.05, 0) is 18.6 Å². The summed E-state index contributed by atoms with van der Waals surface area (Å²) in [6.45, 7) is 0.0267. The predicted octanol–water partition coefficient (Wildman–Crippen LogP) is 0.657. The van der Waals surface area contributed by atoms with Crippen LogP contribution in [-0.4, -0.2) is 31.5 Å². The van der Waals surface area contributed by atoms with Crippen LogP contribution in [0, 0.1) is 10.1 Å². The summed E-state index contributed by atoms with van der Waals surface area (Å²) in [4.78, 5) is 21.9. The molecule has 0 bridgehead atoms. The van der Waals surface area contributed by atoms with E-state index in [2.05, 4.69) is 5.32 Å². The fourth-order valence-electron chi connectivity index (χ4n) is 1.42. The Labute approximate surface area is 120 Å². The van der Waals surface area contributed by atoms with E-state index in [1.807, 2.05) is 0 Å². The highest BCUT2D eigenvalue weighted by Gasteiger charge is 2.20. The number of primary sulfonamides is 1. The molecule has 0 fully saturated rings. The van der Waals surface area contributed by atoms with E-state index in [-0.39, 0.29) is 35.0 Å². The summed E-state index contributed by atoms with van der Waals surface area (Å²) >= 11 is 5.69. The van der Waals surface area contributed by atoms with Crippen LogP contribution in [0.15, 0.2) is 18.2 Å². The van der Waals surface area contributed by atoms with Gasteiger partial charge in [-0.15, -0.1) is 0 Å². The van der Waals surface area contributed by atoms with E-state index >= 15 is 0 Å². The number of nitro groups is 1. The van der Waals surface area contributed by atoms with Crippen LogP contribution in [0.1, 0.15) is 16.8 Å². The highest BCUT2D eigenvalue weighted by atomic mass is 35.5. The average Bonchev–Trinajstić information content (AvgIpc) is 2.32. The molecule has 3 N–H and O–H groups in total. The Balaban J connectivity index is 2.72. The van der Waals surface area contributed by atoms with Gasteiger partial charge in [-0.1, -0.05) is 11.6 Å². The fourth-order valence-corrected chi connectivity index (χ4v) is 2.14. The van der Waals surface area contributed by atoms with E-state index < -0.39 is 20.9 Å². The van der Waals surface area contributed by atoms with E-state index in [1.165, 1.54) is 12.1 Å². The summed E-state index contributed by atoms with van der Waals surface area (Å²) in [7, 11) is -3.60. The average molecular weight is 322 g/mol. The summed E-state index contributed by atoms with van der Waals surface area (Å²) in [5, 5.41) is 18.1. The summed E-state index contributed by atoms with van der Waals surface area (Å²) < 4.78 is 21.4. The van der Waals surface area contributed by atoms with Crippen molar-refractivity contribution in [3.63, 3.8) is 0 Å². The lowest BCUT2D eigenvalue weighted by atomic mass is 10.1. The summed E-state index contributed by atoms with van der Waals surface area (Å²) in [5.41, 5.74) is -0.559. The first-order valence-electron chi connectivity index (χ1n) is 5.43. The Kier molecular flexibility index (Phi) is 5.43. The zero-order chi connectivity index (χ0) is 15.3. The van der Waals surface area contributed by atoms with Crippen LogP contribution in [0.3, 0.4) is 0 Å². The molecule has 1 amide bonds. The van der Waals surface area contributed by atoms with E-state index in [0.717, 1.165) is 6.07 Å². The predicted molar refractivity (Wildman–Crippen MR) is 73.0 cm³/mol. The van der Waals surface area contributed by atoms with E-state index in [1.54, 1.807) is 0 Å². The lowest BCUT2D eigenvalue weighted by Gasteiger charge is -2.05. The number of carbonyl (C=O) groups excluding carboxylic acids is 1. The molecule has 8 nitrogen and oxygen atoms in total. The van der Waals surface area contributed by atoms with Crippen molar-refractivity contribution in [1.82, 2.24) is 5.32 Å². The van der Waals surface area contributed by atoms with Crippen molar-refractivity contribution >= 4 is 33.2 Å². The smallest absolute Gasteiger partial charge is 0.282 e. The molecule has 1 rings (SSSR count). The number of halogens is 1. The van der Waals surface area contributed by atoms with Gasteiger partial charge in [0.1, 0.15) is 5.56 Å². The Morgan fingerprint density at radius 1 is 1.45 bits per heavy atom. The largest absolute Gasteiger partial charge is 0.352 e. The number of nitrogens with zero attached hydrogens (tertiary/aromatic N) is 1. The van der Waals surface area contributed by atoms with Crippen LogP contribution in [0.5, 0.6) is 0 Å². The molecule has 0 radical (unpaired) electrons. The number of nitrogens with one attached hydrogen (secondary N) is 1. The van der Waals surface area contributed by atoms with Gasteiger partial charge in [-0.3, -0.25) is 14.9 Å². The molecule has 0 unspecified atom stereocenters. The highest BCUT2D eigenvalue weighted by Crippen LogP contribution is 2.22. The third-order valence-corrected chi connectivity index (χ3v) is 3.38. The molecule has 1 aromatic carbocycles. The molecule has 0 saturated carbocycles. The minimum absolute atomic E-state index is 0.0267. The maximum atomic E-state index is 11.8. The lowest BCUT2D eigenvalue weighted by molar-refractivity contribution is -0.385. The molecule has 110 valence electrons. The van der Waals surface area contributed by atoms with Gasteiger partial charge in [0.2, 0.25) is 10.0 Å². The van der Waals surface area contributed by atoms with Crippen LogP contribution < -0.4 is 10.5 Å². The number of amides is 1. The number of nitrogens with two attached hydrogens (primary N) is 1. The van der Waals surface area contributed by atoms with E-state index in [0.29, 0.717) is 0 Å². The van der Waals surface area contributed by atoms with Gasteiger partial charge in [0.05, 0.1) is 10.7 Å². The van der Waals surface area contributed by atoms with Crippen LogP contribution in [0.2, 0.25) is 5.02 Å². The van der Waals surface area contributed by atoms with Crippen molar-refractivity contribution in [2.75, 3.05) is 12.3 Å². The van der Waals surface area contributed by atoms with Crippen molar-refractivity contribution in [2.24, 2.45) is 5.14 Å². The molecule has 0 heterocycles. The standard InChI is InChI=1S/C10H12ClN3O5S/c11-7-2-3-9(14(16)17)8(6-7)10(15)13-4-1-5-20(12,18)19/h2-3,6H,1,4-5H2,(H,13,15)(H2,12,18,19). The third-order valence-electron chi connectivity index (χ3n) is 2.29. The maximum absolute atomic E-state index is 11.8. The van der Waals surface area contributed by atoms with Crippen LogP contribution in [0.25, 0.3) is 0 Å². The molecule has 10 heteroatoms. The Hall–Kier alpha value is -1.71. The first kappa shape index (κ1) is 16.3. The molecule has 20 heavy (non-hydrogen) atoms. The quantitative estimate of drug-likeness (QED) is 0.451. The zero-order valence-electron chi connectivity index (χ0n) is 10.2. The van der Waals surface area contributed by atoms with Gasteiger partial charge in [0, 0.05) is 17.6 Å². The van der Waals surface area contributed by atoms with Crippen LogP contribution >= 0.6 is 11.6 Å². The van der Waals surface area contributed by atoms with Crippen molar-refractivity contribution in [3.05, 3.63) is 38.9 Å². The number of rotatable bonds is 6. The van der Waals surface area contributed by atoms with E-state index in [9.17, 15) is 23.3 Å². The molecular formula is C10H12ClN3O5S. The number of sulfonamides is 1. The first-order chi connectivity index (χ1) is 9.20. The molecule has 0 spiro atoms.